The Morgan fingerprint density at radius 3 is 2.78 bits per heavy atom. The fourth-order valence-corrected chi connectivity index (χ4v) is 4.98. The van der Waals surface area contributed by atoms with Gasteiger partial charge in [0, 0.05) is 11.8 Å². The van der Waals surface area contributed by atoms with Gasteiger partial charge in [-0.15, -0.1) is 0 Å². The van der Waals surface area contributed by atoms with Crippen molar-refractivity contribution >= 4 is 17.6 Å². The van der Waals surface area contributed by atoms with Gasteiger partial charge in [-0.1, -0.05) is 39.3 Å². The summed E-state index contributed by atoms with van der Waals surface area (Å²) < 4.78 is 7.63. The van der Waals surface area contributed by atoms with E-state index in [9.17, 15) is 14.9 Å². The van der Waals surface area contributed by atoms with Crippen molar-refractivity contribution in [2.24, 2.45) is 17.8 Å². The summed E-state index contributed by atoms with van der Waals surface area (Å²) in [7, 11) is 0. The molecule has 1 aliphatic carbocycles. The molecule has 0 spiro atoms. The van der Waals surface area contributed by atoms with E-state index in [1.165, 1.54) is 17.1 Å². The van der Waals surface area contributed by atoms with Crippen LogP contribution < -0.4 is 5.32 Å². The van der Waals surface area contributed by atoms with E-state index in [0.717, 1.165) is 19.3 Å². The topological polar surface area (TPSA) is 112 Å². The van der Waals surface area contributed by atoms with Crippen LogP contribution in [-0.4, -0.2) is 31.8 Å². The molecule has 0 radical (unpaired) electrons. The SMILES string of the molecule is CC1=C(C(=O)OC2CC(C)CCC2C(C)C)C(c2ccccc2[N+](=O)[O-])n2ncnc2N1. The van der Waals surface area contributed by atoms with Gasteiger partial charge >= 0.3 is 5.97 Å². The largest absolute Gasteiger partial charge is 0.459 e. The van der Waals surface area contributed by atoms with Gasteiger partial charge in [-0.25, -0.2) is 9.48 Å². The van der Waals surface area contributed by atoms with Crippen LogP contribution in [0.25, 0.3) is 0 Å². The number of para-hydroxylation sites is 1. The van der Waals surface area contributed by atoms with Gasteiger partial charge in [-0.05, 0) is 43.6 Å². The maximum atomic E-state index is 13.6. The molecular weight excluding hydrogens is 410 g/mol. The van der Waals surface area contributed by atoms with E-state index in [1.807, 2.05) is 0 Å². The number of nitrogens with zero attached hydrogens (tertiary/aromatic N) is 4. The zero-order valence-electron chi connectivity index (χ0n) is 18.8. The van der Waals surface area contributed by atoms with Gasteiger partial charge < -0.3 is 10.1 Å². The van der Waals surface area contributed by atoms with Gasteiger partial charge in [0.05, 0.1) is 16.1 Å². The zero-order chi connectivity index (χ0) is 23.0. The van der Waals surface area contributed by atoms with Gasteiger partial charge in [0.2, 0.25) is 5.95 Å². The lowest BCUT2D eigenvalue weighted by Crippen LogP contribution is -2.38. The maximum absolute atomic E-state index is 13.6. The predicted octanol–water partition coefficient (Wildman–Crippen LogP) is 4.48. The highest BCUT2D eigenvalue weighted by Gasteiger charge is 2.40. The molecule has 2 aliphatic rings. The molecule has 0 bridgehead atoms. The standard InChI is InChI=1S/C23H29N5O4/c1-13(2)16-10-9-14(3)11-19(16)32-22(29)20-15(4)26-23-24-12-25-27(23)21(20)17-7-5-6-8-18(17)28(30)31/h5-8,12-14,16,19,21H,9-11H2,1-4H3,(H,24,25,26). The Balaban J connectivity index is 1.74. The first kappa shape index (κ1) is 22.0. The van der Waals surface area contributed by atoms with Gasteiger partial charge in [-0.2, -0.15) is 10.1 Å². The number of aromatic nitrogens is 3. The monoisotopic (exact) mass is 439 g/mol. The fraction of sp³-hybridized carbons (Fsp3) is 0.522. The molecule has 0 saturated heterocycles. The molecule has 2 heterocycles. The number of ether oxygens (including phenoxy) is 1. The molecule has 1 N–H and O–H groups in total. The summed E-state index contributed by atoms with van der Waals surface area (Å²) >= 11 is 0. The minimum Gasteiger partial charge on any atom is -0.459 e. The molecule has 170 valence electrons. The summed E-state index contributed by atoms with van der Waals surface area (Å²) in [5.41, 5.74) is 1.17. The Kier molecular flexibility index (Phi) is 5.99. The van der Waals surface area contributed by atoms with Crippen molar-refractivity contribution < 1.29 is 14.5 Å². The van der Waals surface area contributed by atoms with Crippen LogP contribution in [0, 0.1) is 27.9 Å². The molecule has 1 fully saturated rings. The number of benzene rings is 1. The molecule has 32 heavy (non-hydrogen) atoms. The number of esters is 1. The molecule has 1 saturated carbocycles. The Hall–Kier alpha value is -3.23. The number of fused-ring (bicyclic) bond motifs is 1. The Labute approximate surface area is 187 Å². The molecule has 0 amide bonds. The second-order valence-corrected chi connectivity index (χ2v) is 9.18. The van der Waals surface area contributed by atoms with Crippen LogP contribution in [0.2, 0.25) is 0 Å². The average Bonchev–Trinajstić information content (AvgIpc) is 3.20. The molecule has 4 rings (SSSR count). The third kappa shape index (κ3) is 3.99. The van der Waals surface area contributed by atoms with Crippen LogP contribution in [0.15, 0.2) is 41.9 Å². The quantitative estimate of drug-likeness (QED) is 0.415. The van der Waals surface area contributed by atoms with Crippen LogP contribution in [0.3, 0.4) is 0 Å². The van der Waals surface area contributed by atoms with Gasteiger partial charge in [0.1, 0.15) is 18.5 Å². The molecule has 9 heteroatoms. The number of rotatable bonds is 5. The van der Waals surface area contributed by atoms with Crippen molar-refractivity contribution in [3.8, 4) is 0 Å². The number of allylic oxidation sites excluding steroid dienone is 1. The third-order valence-corrected chi connectivity index (χ3v) is 6.66. The van der Waals surface area contributed by atoms with E-state index >= 15 is 0 Å². The summed E-state index contributed by atoms with van der Waals surface area (Å²) in [4.78, 5) is 29.1. The van der Waals surface area contributed by atoms with E-state index in [4.69, 9.17) is 4.74 Å². The first-order valence-electron chi connectivity index (χ1n) is 11.1. The first-order valence-corrected chi connectivity index (χ1v) is 11.1. The highest BCUT2D eigenvalue weighted by Crippen LogP contribution is 2.41. The van der Waals surface area contributed by atoms with Crippen molar-refractivity contribution in [1.29, 1.82) is 0 Å². The summed E-state index contributed by atoms with van der Waals surface area (Å²) in [6.45, 7) is 8.26. The van der Waals surface area contributed by atoms with E-state index in [1.54, 1.807) is 25.1 Å². The van der Waals surface area contributed by atoms with Gasteiger partial charge in [0.25, 0.3) is 5.69 Å². The molecule has 9 nitrogen and oxygen atoms in total. The smallest absolute Gasteiger partial charge is 0.338 e. The van der Waals surface area contributed by atoms with E-state index in [0.29, 0.717) is 40.5 Å². The number of carbonyl (C=O) groups is 1. The van der Waals surface area contributed by atoms with E-state index in [-0.39, 0.29) is 11.8 Å². The lowest BCUT2D eigenvalue weighted by atomic mass is 9.75. The lowest BCUT2D eigenvalue weighted by molar-refractivity contribution is -0.385. The number of nitro groups is 1. The number of hydrogen-bond donors (Lipinski definition) is 1. The average molecular weight is 440 g/mol. The number of nitro benzene ring substituents is 1. The minimum absolute atomic E-state index is 0.0784. The molecule has 2 aromatic rings. The lowest BCUT2D eigenvalue weighted by Gasteiger charge is -2.37. The highest BCUT2D eigenvalue weighted by atomic mass is 16.6. The zero-order valence-corrected chi connectivity index (χ0v) is 18.8. The normalized spacial score (nSPS) is 25.3. The molecular formula is C23H29N5O4. The first-order chi connectivity index (χ1) is 15.3. The van der Waals surface area contributed by atoms with Crippen molar-refractivity contribution in [2.75, 3.05) is 5.32 Å². The van der Waals surface area contributed by atoms with Crippen LogP contribution in [0.1, 0.15) is 58.6 Å². The minimum atomic E-state index is -0.804. The van der Waals surface area contributed by atoms with Crippen LogP contribution >= 0.6 is 0 Å². The van der Waals surface area contributed by atoms with Crippen LogP contribution in [-0.2, 0) is 9.53 Å². The summed E-state index contributed by atoms with van der Waals surface area (Å²) in [6, 6.07) is 5.61. The molecule has 1 aromatic carbocycles. The number of carbonyl (C=O) groups excluding carboxylic acids is 1. The molecule has 4 atom stereocenters. The summed E-state index contributed by atoms with van der Waals surface area (Å²) in [6.07, 6.45) is 4.15. The van der Waals surface area contributed by atoms with Crippen molar-refractivity contribution in [3.63, 3.8) is 0 Å². The van der Waals surface area contributed by atoms with Crippen molar-refractivity contribution in [1.82, 2.24) is 14.8 Å². The molecule has 1 aromatic heterocycles. The third-order valence-electron chi connectivity index (χ3n) is 6.66. The van der Waals surface area contributed by atoms with Gasteiger partial charge in [0.15, 0.2) is 0 Å². The Bertz CT molecular complexity index is 1060. The Morgan fingerprint density at radius 1 is 1.31 bits per heavy atom. The molecule has 4 unspecified atom stereocenters. The number of hydrogen-bond acceptors (Lipinski definition) is 7. The van der Waals surface area contributed by atoms with Crippen molar-refractivity contribution in [2.45, 2.75) is 59.1 Å². The van der Waals surface area contributed by atoms with E-state index in [2.05, 4.69) is 36.2 Å². The van der Waals surface area contributed by atoms with Gasteiger partial charge in [-0.3, -0.25) is 10.1 Å². The highest BCUT2D eigenvalue weighted by molar-refractivity contribution is 5.92. The second kappa shape index (κ2) is 8.72. The van der Waals surface area contributed by atoms with Crippen molar-refractivity contribution in [3.05, 3.63) is 57.5 Å². The van der Waals surface area contributed by atoms with E-state index < -0.39 is 16.9 Å². The summed E-state index contributed by atoms with van der Waals surface area (Å²) in [5.74, 6) is 1.12. The predicted molar refractivity (Wildman–Crippen MR) is 119 cm³/mol. The summed E-state index contributed by atoms with van der Waals surface area (Å²) in [5, 5.41) is 19.1. The van der Waals surface area contributed by atoms with Crippen LogP contribution in [0.4, 0.5) is 11.6 Å². The molecule has 1 aliphatic heterocycles. The fourth-order valence-electron chi connectivity index (χ4n) is 4.98. The maximum Gasteiger partial charge on any atom is 0.338 e. The second-order valence-electron chi connectivity index (χ2n) is 9.18. The van der Waals surface area contributed by atoms with Crippen LogP contribution in [0.5, 0.6) is 0 Å². The Morgan fingerprint density at radius 2 is 2.06 bits per heavy atom. The number of anilines is 1. The number of nitrogens with one attached hydrogen (secondary N) is 1.